The summed E-state index contributed by atoms with van der Waals surface area (Å²) in [6.07, 6.45) is 1.20. The lowest BCUT2D eigenvalue weighted by Gasteiger charge is -2.46. The number of pyridine rings is 1. The number of carbonyl (C=O) groups is 1. The minimum absolute atomic E-state index is 0.00843. The average molecular weight is 475 g/mol. The van der Waals surface area contributed by atoms with Crippen LogP contribution in [0.1, 0.15) is 46.1 Å². The van der Waals surface area contributed by atoms with Crippen LogP contribution in [0.2, 0.25) is 0 Å². The Hall–Kier alpha value is -2.61. The van der Waals surface area contributed by atoms with E-state index in [9.17, 15) is 18.0 Å². The molecule has 0 saturated carbocycles. The Morgan fingerprint density at radius 3 is 2.15 bits per heavy atom. The fourth-order valence-electron chi connectivity index (χ4n) is 5.43. The van der Waals surface area contributed by atoms with E-state index in [1.54, 1.807) is 6.07 Å². The van der Waals surface area contributed by atoms with E-state index in [0.29, 0.717) is 37.6 Å². The molecule has 2 aliphatic heterocycles. The molecule has 0 radical (unpaired) electrons. The van der Waals surface area contributed by atoms with E-state index in [2.05, 4.69) is 35.6 Å². The predicted octanol–water partition coefficient (Wildman–Crippen LogP) is 4.44. The molecule has 0 spiro atoms. The maximum atomic E-state index is 14.8. The van der Waals surface area contributed by atoms with Crippen molar-refractivity contribution in [1.29, 1.82) is 0 Å². The number of benzene rings is 1. The van der Waals surface area contributed by atoms with Gasteiger partial charge in [0.1, 0.15) is 23.3 Å². The van der Waals surface area contributed by atoms with Crippen molar-refractivity contribution in [3.63, 3.8) is 0 Å². The van der Waals surface area contributed by atoms with Crippen molar-refractivity contribution in [1.82, 2.24) is 14.8 Å². The van der Waals surface area contributed by atoms with E-state index in [1.807, 2.05) is 18.7 Å². The molecule has 34 heavy (non-hydrogen) atoms. The summed E-state index contributed by atoms with van der Waals surface area (Å²) in [5, 5.41) is 0. The van der Waals surface area contributed by atoms with Crippen LogP contribution in [0.5, 0.6) is 0 Å². The van der Waals surface area contributed by atoms with E-state index in [-0.39, 0.29) is 35.3 Å². The van der Waals surface area contributed by atoms with Crippen LogP contribution in [0.25, 0.3) is 0 Å². The minimum Gasteiger partial charge on any atom is -0.348 e. The van der Waals surface area contributed by atoms with Crippen LogP contribution in [0.15, 0.2) is 36.5 Å². The van der Waals surface area contributed by atoms with E-state index >= 15 is 0 Å². The molecular weight excluding hydrogens is 441 g/mol. The Kier molecular flexibility index (Phi) is 6.64. The Morgan fingerprint density at radius 2 is 1.59 bits per heavy atom. The van der Waals surface area contributed by atoms with Crippen molar-refractivity contribution in [2.24, 2.45) is 5.92 Å². The van der Waals surface area contributed by atoms with Gasteiger partial charge in [0.25, 0.3) is 0 Å². The molecule has 0 bridgehead atoms. The molecule has 4 atom stereocenters. The number of hydrogen-bond acceptors (Lipinski definition) is 4. The highest BCUT2D eigenvalue weighted by molar-refractivity contribution is 5.81. The molecule has 8 heteroatoms. The molecule has 0 unspecified atom stereocenters. The summed E-state index contributed by atoms with van der Waals surface area (Å²) in [4.78, 5) is 24.2. The summed E-state index contributed by atoms with van der Waals surface area (Å²) in [5.41, 5.74) is 0.207. The molecule has 5 nitrogen and oxygen atoms in total. The van der Waals surface area contributed by atoms with Crippen LogP contribution in [0, 0.1) is 23.4 Å². The lowest BCUT2D eigenvalue weighted by molar-refractivity contribution is -0.137. The zero-order valence-corrected chi connectivity index (χ0v) is 20.4. The molecule has 2 fully saturated rings. The lowest BCUT2D eigenvalue weighted by atomic mass is 9.87. The summed E-state index contributed by atoms with van der Waals surface area (Å²) in [7, 11) is 0. The third-order valence-electron chi connectivity index (χ3n) is 7.15. The third-order valence-corrected chi connectivity index (χ3v) is 7.15. The first-order chi connectivity index (χ1) is 16.0. The highest BCUT2D eigenvalue weighted by atomic mass is 19.1. The number of halogens is 3. The number of nitrogens with zero attached hydrogens (tertiary/aromatic N) is 4. The molecule has 2 saturated heterocycles. The SMILES string of the molecule is C[C@@H]1CN(C(=O)[C@H]2CN(C(C)(C)C)C[C@@H]2c2ccc(F)cc2F)C[C@H](C)N1c1ccc(F)cn1. The lowest BCUT2D eigenvalue weighted by Crippen LogP contribution is -2.59. The van der Waals surface area contributed by atoms with Crippen molar-refractivity contribution in [2.75, 3.05) is 31.1 Å². The Balaban J connectivity index is 1.58. The fraction of sp³-hybridized carbons (Fsp3) is 0.538. The summed E-state index contributed by atoms with van der Waals surface area (Å²) >= 11 is 0. The van der Waals surface area contributed by atoms with Crippen molar-refractivity contribution < 1.29 is 18.0 Å². The van der Waals surface area contributed by atoms with Gasteiger partial charge in [0, 0.05) is 55.8 Å². The quantitative estimate of drug-likeness (QED) is 0.660. The van der Waals surface area contributed by atoms with Gasteiger partial charge < -0.3 is 9.80 Å². The standard InChI is InChI=1S/C26H33F3N4O/c1-16-12-31(13-17(2)33(16)24-9-7-19(28)11-30-24)25(34)22-15-32(26(3,4)5)14-21(22)20-8-6-18(27)10-23(20)29/h6-11,16-17,21-22H,12-15H2,1-5H3/t16-,17+,21-,22+/m1/s1. The van der Waals surface area contributed by atoms with Gasteiger partial charge >= 0.3 is 0 Å². The molecule has 4 rings (SSSR count). The molecular formula is C26H33F3N4O. The first-order valence-electron chi connectivity index (χ1n) is 11.8. The summed E-state index contributed by atoms with van der Waals surface area (Å²) < 4.78 is 41.7. The predicted molar refractivity (Wildman–Crippen MR) is 126 cm³/mol. The monoisotopic (exact) mass is 474 g/mol. The Bertz CT molecular complexity index is 1030. The second kappa shape index (κ2) is 9.21. The molecule has 2 aliphatic rings. The molecule has 184 valence electrons. The van der Waals surface area contributed by atoms with Gasteiger partial charge in [-0.15, -0.1) is 0 Å². The fourth-order valence-corrected chi connectivity index (χ4v) is 5.43. The maximum absolute atomic E-state index is 14.8. The number of amides is 1. The highest BCUT2D eigenvalue weighted by Gasteiger charge is 2.45. The zero-order chi connectivity index (χ0) is 24.8. The maximum Gasteiger partial charge on any atom is 0.227 e. The molecule has 0 N–H and O–H groups in total. The first kappa shape index (κ1) is 24.5. The minimum atomic E-state index is -0.622. The second-order valence-electron chi connectivity index (χ2n) is 10.6. The van der Waals surface area contributed by atoms with E-state index in [0.717, 1.165) is 6.07 Å². The van der Waals surface area contributed by atoms with Gasteiger partial charge in [0.05, 0.1) is 12.1 Å². The number of likely N-dealkylation sites (tertiary alicyclic amines) is 1. The van der Waals surface area contributed by atoms with Gasteiger partial charge in [-0.25, -0.2) is 18.2 Å². The van der Waals surface area contributed by atoms with Crippen LogP contribution in [0.3, 0.4) is 0 Å². The van der Waals surface area contributed by atoms with E-state index in [1.165, 1.54) is 24.4 Å². The number of rotatable bonds is 3. The van der Waals surface area contributed by atoms with Gasteiger partial charge in [-0.2, -0.15) is 0 Å². The van der Waals surface area contributed by atoms with E-state index in [4.69, 9.17) is 0 Å². The topological polar surface area (TPSA) is 39.7 Å². The van der Waals surface area contributed by atoms with E-state index < -0.39 is 17.6 Å². The van der Waals surface area contributed by atoms with Crippen molar-refractivity contribution in [3.8, 4) is 0 Å². The summed E-state index contributed by atoms with van der Waals surface area (Å²) in [6.45, 7) is 12.3. The largest absolute Gasteiger partial charge is 0.348 e. The van der Waals surface area contributed by atoms with Gasteiger partial charge in [-0.05, 0) is 58.4 Å². The zero-order valence-electron chi connectivity index (χ0n) is 20.4. The van der Waals surface area contributed by atoms with Crippen molar-refractivity contribution in [3.05, 3.63) is 59.5 Å². The highest BCUT2D eigenvalue weighted by Crippen LogP contribution is 2.39. The Labute approximate surface area is 199 Å². The molecule has 2 aromatic rings. The number of aromatic nitrogens is 1. The van der Waals surface area contributed by atoms with Crippen LogP contribution in [0.4, 0.5) is 19.0 Å². The summed E-state index contributed by atoms with van der Waals surface area (Å²) in [5.74, 6) is -1.72. The molecule has 1 amide bonds. The molecule has 0 aliphatic carbocycles. The Morgan fingerprint density at radius 1 is 0.941 bits per heavy atom. The van der Waals surface area contributed by atoms with Gasteiger partial charge in [0.15, 0.2) is 0 Å². The van der Waals surface area contributed by atoms with Crippen molar-refractivity contribution >= 4 is 11.7 Å². The smallest absolute Gasteiger partial charge is 0.227 e. The van der Waals surface area contributed by atoms with Crippen molar-refractivity contribution in [2.45, 2.75) is 58.2 Å². The van der Waals surface area contributed by atoms with Crippen LogP contribution >= 0.6 is 0 Å². The summed E-state index contributed by atoms with van der Waals surface area (Å²) in [6, 6.07) is 6.64. The van der Waals surface area contributed by atoms with Crippen LogP contribution < -0.4 is 4.90 Å². The molecule has 1 aromatic heterocycles. The normalized spacial score (nSPS) is 26.2. The van der Waals surface area contributed by atoms with Crippen LogP contribution in [-0.2, 0) is 4.79 Å². The second-order valence-corrected chi connectivity index (χ2v) is 10.6. The number of piperazine rings is 1. The molecule has 3 heterocycles. The van der Waals surface area contributed by atoms with Gasteiger partial charge in [-0.1, -0.05) is 6.07 Å². The van der Waals surface area contributed by atoms with Crippen LogP contribution in [-0.4, -0.2) is 64.5 Å². The number of hydrogen-bond donors (Lipinski definition) is 0. The first-order valence-corrected chi connectivity index (χ1v) is 11.8. The number of anilines is 1. The molecule has 1 aromatic carbocycles. The van der Waals surface area contributed by atoms with Gasteiger partial charge in [-0.3, -0.25) is 9.69 Å². The van der Waals surface area contributed by atoms with Gasteiger partial charge in [0.2, 0.25) is 5.91 Å². The number of carbonyl (C=O) groups excluding carboxylic acids is 1. The third kappa shape index (κ3) is 4.78. The average Bonchev–Trinajstić information content (AvgIpc) is 3.19.